The molecule has 0 saturated carbocycles. The molecule has 162 valence electrons. The van der Waals surface area contributed by atoms with Crippen LogP contribution in [-0.4, -0.2) is 21.5 Å². The van der Waals surface area contributed by atoms with E-state index in [4.69, 9.17) is 34.8 Å². The topological polar surface area (TPSA) is 49.4 Å². The van der Waals surface area contributed by atoms with Crippen molar-refractivity contribution < 1.29 is 8.42 Å². The highest BCUT2D eigenvalue weighted by Gasteiger charge is 2.21. The number of para-hydroxylation sites is 1. The summed E-state index contributed by atoms with van der Waals surface area (Å²) in [5, 5.41) is 1.21. The SMILES string of the molecule is O=S(=O)(NCCCN1c2ccccc2CCc2ccc(Cl)cc21)c1ccc(Cl)c(Cl)c1. The van der Waals surface area contributed by atoms with E-state index >= 15 is 0 Å². The van der Waals surface area contributed by atoms with Crippen molar-refractivity contribution in [2.45, 2.75) is 24.2 Å². The lowest BCUT2D eigenvalue weighted by atomic mass is 10.0. The highest BCUT2D eigenvalue weighted by Crippen LogP contribution is 2.37. The van der Waals surface area contributed by atoms with Gasteiger partial charge in [0.1, 0.15) is 0 Å². The van der Waals surface area contributed by atoms with Crippen molar-refractivity contribution in [2.24, 2.45) is 0 Å². The number of nitrogens with one attached hydrogen (secondary N) is 1. The van der Waals surface area contributed by atoms with Crippen LogP contribution in [0, 0.1) is 0 Å². The van der Waals surface area contributed by atoms with Gasteiger partial charge in [-0.1, -0.05) is 59.1 Å². The van der Waals surface area contributed by atoms with Crippen molar-refractivity contribution in [3.63, 3.8) is 0 Å². The van der Waals surface area contributed by atoms with Crippen LogP contribution in [0.3, 0.4) is 0 Å². The monoisotopic (exact) mass is 494 g/mol. The third-order valence-corrected chi connectivity index (χ3v) is 7.77. The van der Waals surface area contributed by atoms with Crippen molar-refractivity contribution in [2.75, 3.05) is 18.0 Å². The van der Waals surface area contributed by atoms with E-state index in [1.807, 2.05) is 24.3 Å². The zero-order valence-electron chi connectivity index (χ0n) is 16.6. The van der Waals surface area contributed by atoms with Crippen molar-refractivity contribution in [1.82, 2.24) is 4.72 Å². The predicted molar refractivity (Wildman–Crippen MR) is 129 cm³/mol. The molecular weight excluding hydrogens is 475 g/mol. The minimum Gasteiger partial charge on any atom is -0.341 e. The van der Waals surface area contributed by atoms with Crippen molar-refractivity contribution in [3.8, 4) is 0 Å². The van der Waals surface area contributed by atoms with Gasteiger partial charge in [0.05, 0.1) is 14.9 Å². The first-order valence-corrected chi connectivity index (χ1v) is 12.6. The number of sulfonamides is 1. The van der Waals surface area contributed by atoms with Gasteiger partial charge in [-0.15, -0.1) is 0 Å². The summed E-state index contributed by atoms with van der Waals surface area (Å²) in [4.78, 5) is 2.33. The summed E-state index contributed by atoms with van der Waals surface area (Å²) in [7, 11) is -3.67. The Hall–Kier alpha value is -1.76. The molecule has 0 aliphatic carbocycles. The van der Waals surface area contributed by atoms with E-state index in [-0.39, 0.29) is 16.5 Å². The molecular formula is C23H21Cl3N2O2S. The first-order valence-electron chi connectivity index (χ1n) is 9.94. The van der Waals surface area contributed by atoms with Crippen molar-refractivity contribution in [1.29, 1.82) is 0 Å². The Labute approximate surface area is 197 Å². The van der Waals surface area contributed by atoms with Crippen LogP contribution in [0.25, 0.3) is 0 Å². The molecule has 1 N–H and O–H groups in total. The summed E-state index contributed by atoms with van der Waals surface area (Å²) in [6.07, 6.45) is 2.50. The Morgan fingerprint density at radius 1 is 0.839 bits per heavy atom. The molecule has 0 unspecified atom stereocenters. The lowest BCUT2D eigenvalue weighted by molar-refractivity contribution is 0.579. The Bertz CT molecular complexity index is 1220. The molecule has 1 aliphatic rings. The first-order chi connectivity index (χ1) is 14.8. The number of hydrogen-bond donors (Lipinski definition) is 1. The van der Waals surface area contributed by atoms with E-state index < -0.39 is 10.0 Å². The fourth-order valence-electron chi connectivity index (χ4n) is 3.80. The summed E-state index contributed by atoms with van der Waals surface area (Å²) >= 11 is 18.2. The van der Waals surface area contributed by atoms with Gasteiger partial charge >= 0.3 is 0 Å². The van der Waals surface area contributed by atoms with E-state index in [9.17, 15) is 8.42 Å². The van der Waals surface area contributed by atoms with E-state index in [0.29, 0.717) is 23.0 Å². The summed E-state index contributed by atoms with van der Waals surface area (Å²) in [5.41, 5.74) is 4.71. The van der Waals surface area contributed by atoms with Crippen LogP contribution in [0.5, 0.6) is 0 Å². The number of nitrogens with zero attached hydrogens (tertiary/aromatic N) is 1. The van der Waals surface area contributed by atoms with Gasteiger partial charge in [0.25, 0.3) is 0 Å². The lowest BCUT2D eigenvalue weighted by Crippen LogP contribution is -2.28. The van der Waals surface area contributed by atoms with Gasteiger partial charge in [-0.25, -0.2) is 13.1 Å². The second-order valence-corrected chi connectivity index (χ2v) is 10.4. The largest absolute Gasteiger partial charge is 0.341 e. The number of fused-ring (bicyclic) bond motifs is 2. The lowest BCUT2D eigenvalue weighted by Gasteiger charge is -2.27. The smallest absolute Gasteiger partial charge is 0.240 e. The molecule has 3 aromatic carbocycles. The first kappa shape index (κ1) is 22.4. The molecule has 0 atom stereocenters. The van der Waals surface area contributed by atoms with Crippen LogP contribution >= 0.6 is 34.8 Å². The molecule has 31 heavy (non-hydrogen) atoms. The average Bonchev–Trinajstić information content (AvgIpc) is 2.90. The number of hydrogen-bond acceptors (Lipinski definition) is 3. The van der Waals surface area contributed by atoms with Gasteiger partial charge in [0, 0.05) is 29.5 Å². The molecule has 0 radical (unpaired) electrons. The van der Waals surface area contributed by atoms with Crippen LogP contribution in [0.2, 0.25) is 15.1 Å². The number of anilines is 2. The van der Waals surface area contributed by atoms with Gasteiger partial charge in [-0.2, -0.15) is 0 Å². The molecule has 0 aromatic heterocycles. The normalized spacial score (nSPS) is 13.5. The predicted octanol–water partition coefficient (Wildman–Crippen LogP) is 6.25. The standard InChI is InChI=1S/C23H21Cl3N2O2S/c24-18-9-8-17-7-6-16-4-1-2-5-22(16)28(23(17)14-18)13-3-12-27-31(29,30)19-10-11-20(25)21(26)15-19/h1-2,4-5,8-11,14-15,27H,3,6-7,12-13H2. The fraction of sp³-hybridized carbons (Fsp3) is 0.217. The van der Waals surface area contributed by atoms with Crippen LogP contribution in [0.15, 0.2) is 65.6 Å². The third-order valence-electron chi connectivity index (χ3n) is 5.34. The quantitative estimate of drug-likeness (QED) is 0.411. The zero-order valence-corrected chi connectivity index (χ0v) is 19.7. The molecule has 8 heteroatoms. The molecule has 0 amide bonds. The molecule has 1 heterocycles. The Morgan fingerprint density at radius 3 is 2.35 bits per heavy atom. The van der Waals surface area contributed by atoms with Gasteiger partial charge in [-0.05, 0) is 66.8 Å². The summed E-state index contributed by atoms with van der Waals surface area (Å²) < 4.78 is 27.9. The molecule has 0 spiro atoms. The Balaban J connectivity index is 1.50. The Morgan fingerprint density at radius 2 is 1.58 bits per heavy atom. The van der Waals surface area contributed by atoms with Crippen molar-refractivity contribution in [3.05, 3.63) is 86.9 Å². The maximum absolute atomic E-state index is 12.6. The molecule has 0 bridgehead atoms. The Kier molecular flexibility index (Phi) is 6.80. The fourth-order valence-corrected chi connectivity index (χ4v) is 5.43. The van der Waals surface area contributed by atoms with Gasteiger partial charge in [0.2, 0.25) is 10.0 Å². The number of benzene rings is 3. The highest BCUT2D eigenvalue weighted by atomic mass is 35.5. The summed E-state index contributed by atoms with van der Waals surface area (Å²) in [5.74, 6) is 0. The molecule has 4 nitrogen and oxygen atoms in total. The van der Waals surface area contributed by atoms with Crippen LogP contribution in [0.1, 0.15) is 17.5 Å². The van der Waals surface area contributed by atoms with Gasteiger partial charge in [0.15, 0.2) is 0 Å². The van der Waals surface area contributed by atoms with Gasteiger partial charge in [-0.3, -0.25) is 0 Å². The van der Waals surface area contributed by atoms with E-state index in [0.717, 1.165) is 24.2 Å². The number of aryl methyl sites for hydroxylation is 2. The molecule has 1 aliphatic heterocycles. The average molecular weight is 496 g/mol. The molecule has 0 fully saturated rings. The molecule has 0 saturated heterocycles. The molecule has 4 rings (SSSR count). The molecule has 3 aromatic rings. The minimum absolute atomic E-state index is 0.0964. The van der Waals surface area contributed by atoms with Crippen LogP contribution < -0.4 is 9.62 Å². The van der Waals surface area contributed by atoms with Gasteiger partial charge < -0.3 is 4.90 Å². The number of halogens is 3. The van der Waals surface area contributed by atoms with Crippen LogP contribution in [-0.2, 0) is 22.9 Å². The third kappa shape index (κ3) is 5.02. The highest BCUT2D eigenvalue weighted by molar-refractivity contribution is 7.89. The number of rotatable bonds is 6. The van der Waals surface area contributed by atoms with Crippen molar-refractivity contribution >= 4 is 56.2 Å². The minimum atomic E-state index is -3.67. The summed E-state index contributed by atoms with van der Waals surface area (Å²) in [6, 6.07) is 18.6. The van der Waals surface area contributed by atoms with E-state index in [1.54, 1.807) is 0 Å². The van der Waals surface area contributed by atoms with E-state index in [1.165, 1.54) is 29.3 Å². The maximum Gasteiger partial charge on any atom is 0.240 e. The second kappa shape index (κ2) is 9.39. The van der Waals surface area contributed by atoms with Crippen LogP contribution in [0.4, 0.5) is 11.4 Å². The van der Waals surface area contributed by atoms with E-state index in [2.05, 4.69) is 27.8 Å². The maximum atomic E-state index is 12.6. The zero-order chi connectivity index (χ0) is 22.0. The summed E-state index contributed by atoms with van der Waals surface area (Å²) in [6.45, 7) is 0.936. The second-order valence-electron chi connectivity index (χ2n) is 7.38.